The first-order valence-corrected chi connectivity index (χ1v) is 9.24. The number of carbonyl (C=O) groups excluding carboxylic acids is 1. The van der Waals surface area contributed by atoms with Gasteiger partial charge in [-0.3, -0.25) is 4.79 Å². The van der Waals surface area contributed by atoms with Crippen LogP contribution < -0.4 is 15.5 Å². The lowest BCUT2D eigenvalue weighted by molar-refractivity contribution is -0.137. The van der Waals surface area contributed by atoms with Gasteiger partial charge in [-0.1, -0.05) is 18.2 Å². The highest BCUT2D eigenvalue weighted by molar-refractivity contribution is 5.78. The summed E-state index contributed by atoms with van der Waals surface area (Å²) in [4.78, 5) is 14.1. The first-order valence-electron chi connectivity index (χ1n) is 9.24. The number of nitrogens with zero attached hydrogens (tertiary/aromatic N) is 3. The third kappa shape index (κ3) is 6.31. The molecule has 156 valence electrons. The Morgan fingerprint density at radius 1 is 1.17 bits per heavy atom. The Morgan fingerprint density at radius 3 is 2.72 bits per heavy atom. The van der Waals surface area contributed by atoms with Crippen molar-refractivity contribution < 1.29 is 22.7 Å². The van der Waals surface area contributed by atoms with E-state index >= 15 is 0 Å². The third-order valence-electron chi connectivity index (χ3n) is 4.39. The molecule has 0 atom stereocenters. The number of ether oxygens (including phenoxy) is 1. The molecular weight excluding hydrogens is 387 g/mol. The SMILES string of the molecule is O=C(Cc1cccc(C(F)(F)F)c1)NCCNc1cc(N2CCOCC2)cnn1. The van der Waals surface area contributed by atoms with E-state index in [4.69, 9.17) is 4.74 Å². The van der Waals surface area contributed by atoms with Crippen LogP contribution in [0.25, 0.3) is 0 Å². The molecule has 1 amide bonds. The molecule has 0 saturated carbocycles. The summed E-state index contributed by atoms with van der Waals surface area (Å²) in [5.41, 5.74) is 0.497. The largest absolute Gasteiger partial charge is 0.416 e. The molecule has 29 heavy (non-hydrogen) atoms. The fourth-order valence-electron chi connectivity index (χ4n) is 2.94. The Kier molecular flexibility index (Phi) is 6.86. The molecule has 0 bridgehead atoms. The molecule has 1 fully saturated rings. The quantitative estimate of drug-likeness (QED) is 0.682. The summed E-state index contributed by atoms with van der Waals surface area (Å²) >= 11 is 0. The lowest BCUT2D eigenvalue weighted by Gasteiger charge is -2.28. The van der Waals surface area contributed by atoms with E-state index in [9.17, 15) is 18.0 Å². The molecule has 2 heterocycles. The monoisotopic (exact) mass is 409 g/mol. The summed E-state index contributed by atoms with van der Waals surface area (Å²) < 4.78 is 43.5. The van der Waals surface area contributed by atoms with Gasteiger partial charge in [-0.15, -0.1) is 5.10 Å². The van der Waals surface area contributed by atoms with Crippen LogP contribution in [0.1, 0.15) is 11.1 Å². The molecule has 0 radical (unpaired) electrons. The van der Waals surface area contributed by atoms with Crippen LogP contribution in [0.5, 0.6) is 0 Å². The van der Waals surface area contributed by atoms with Gasteiger partial charge in [0.2, 0.25) is 5.91 Å². The van der Waals surface area contributed by atoms with Crippen molar-refractivity contribution in [1.82, 2.24) is 15.5 Å². The van der Waals surface area contributed by atoms with Gasteiger partial charge in [0.1, 0.15) is 0 Å². The van der Waals surface area contributed by atoms with Crippen LogP contribution in [0, 0.1) is 0 Å². The maximum Gasteiger partial charge on any atom is 0.416 e. The third-order valence-corrected chi connectivity index (χ3v) is 4.39. The fraction of sp³-hybridized carbons (Fsp3) is 0.421. The highest BCUT2D eigenvalue weighted by Crippen LogP contribution is 2.29. The summed E-state index contributed by atoms with van der Waals surface area (Å²) in [5, 5.41) is 13.8. The zero-order valence-electron chi connectivity index (χ0n) is 15.7. The number of hydrogen-bond donors (Lipinski definition) is 2. The summed E-state index contributed by atoms with van der Waals surface area (Å²) in [6, 6.07) is 6.65. The summed E-state index contributed by atoms with van der Waals surface area (Å²) in [5.74, 6) is 0.236. The molecule has 0 unspecified atom stereocenters. The van der Waals surface area contributed by atoms with Gasteiger partial charge in [0.15, 0.2) is 5.82 Å². The van der Waals surface area contributed by atoms with Crippen molar-refractivity contribution in [3.05, 3.63) is 47.7 Å². The molecule has 2 N–H and O–H groups in total. The molecule has 3 rings (SSSR count). The number of alkyl halides is 3. The van der Waals surface area contributed by atoms with Gasteiger partial charge in [-0.05, 0) is 11.6 Å². The Morgan fingerprint density at radius 2 is 1.97 bits per heavy atom. The molecule has 1 saturated heterocycles. The van der Waals surface area contributed by atoms with Gasteiger partial charge < -0.3 is 20.3 Å². The molecule has 1 aliphatic heterocycles. The standard InChI is InChI=1S/C19H22F3N5O2/c20-19(21,22)15-3-1-2-14(10-15)11-18(28)24-5-4-23-17-12-16(13-25-26-17)27-6-8-29-9-7-27/h1-3,10,12-13H,4-9,11H2,(H,23,26)(H,24,28). The zero-order chi connectivity index (χ0) is 20.7. The minimum atomic E-state index is -4.42. The molecule has 1 aromatic carbocycles. The van der Waals surface area contributed by atoms with Crippen LogP contribution in [-0.2, 0) is 22.1 Å². The maximum absolute atomic E-state index is 12.7. The van der Waals surface area contributed by atoms with E-state index in [0.29, 0.717) is 37.7 Å². The first kappa shape index (κ1) is 20.8. The van der Waals surface area contributed by atoms with E-state index in [2.05, 4.69) is 25.7 Å². The van der Waals surface area contributed by atoms with Crippen LogP contribution in [-0.4, -0.2) is 55.5 Å². The smallest absolute Gasteiger partial charge is 0.378 e. The van der Waals surface area contributed by atoms with Crippen molar-refractivity contribution in [2.75, 3.05) is 49.6 Å². The van der Waals surface area contributed by atoms with E-state index in [1.54, 1.807) is 6.20 Å². The molecule has 0 aliphatic carbocycles. The summed E-state index contributed by atoms with van der Waals surface area (Å²) in [6.45, 7) is 3.64. The van der Waals surface area contributed by atoms with Crippen molar-refractivity contribution in [2.45, 2.75) is 12.6 Å². The van der Waals surface area contributed by atoms with Gasteiger partial charge in [0.25, 0.3) is 0 Å². The number of benzene rings is 1. The predicted molar refractivity (Wildman–Crippen MR) is 102 cm³/mol. The van der Waals surface area contributed by atoms with Crippen molar-refractivity contribution in [2.24, 2.45) is 0 Å². The Bertz CT molecular complexity index is 825. The summed E-state index contributed by atoms with van der Waals surface area (Å²) in [6.07, 6.45) is -2.85. The second kappa shape index (κ2) is 9.55. The highest BCUT2D eigenvalue weighted by atomic mass is 19.4. The number of amides is 1. The van der Waals surface area contributed by atoms with Crippen LogP contribution in [0.2, 0.25) is 0 Å². The molecular formula is C19H22F3N5O2. The number of nitrogens with one attached hydrogen (secondary N) is 2. The van der Waals surface area contributed by atoms with Crippen LogP contribution in [0.3, 0.4) is 0 Å². The van der Waals surface area contributed by atoms with Gasteiger partial charge in [-0.2, -0.15) is 18.3 Å². The maximum atomic E-state index is 12.7. The predicted octanol–water partition coefficient (Wildman–Crippen LogP) is 2.10. The van der Waals surface area contributed by atoms with Crippen LogP contribution in [0.15, 0.2) is 36.5 Å². The second-order valence-electron chi connectivity index (χ2n) is 6.55. The normalized spacial score (nSPS) is 14.5. The molecule has 0 spiro atoms. The van der Waals surface area contributed by atoms with E-state index in [0.717, 1.165) is 30.9 Å². The van der Waals surface area contributed by atoms with E-state index in [1.807, 2.05) is 6.07 Å². The number of halogens is 3. The van der Waals surface area contributed by atoms with Crippen molar-refractivity contribution in [3.8, 4) is 0 Å². The first-order chi connectivity index (χ1) is 13.9. The Hall–Kier alpha value is -2.88. The number of aromatic nitrogens is 2. The lowest BCUT2D eigenvalue weighted by atomic mass is 10.1. The minimum absolute atomic E-state index is 0.115. The number of morpholine rings is 1. The zero-order valence-corrected chi connectivity index (χ0v) is 15.7. The minimum Gasteiger partial charge on any atom is -0.378 e. The van der Waals surface area contributed by atoms with Gasteiger partial charge in [0, 0.05) is 32.2 Å². The number of carbonyl (C=O) groups is 1. The fourth-order valence-corrected chi connectivity index (χ4v) is 2.94. The van der Waals surface area contributed by atoms with Gasteiger partial charge >= 0.3 is 6.18 Å². The summed E-state index contributed by atoms with van der Waals surface area (Å²) in [7, 11) is 0. The average Bonchev–Trinajstić information content (AvgIpc) is 2.72. The van der Waals surface area contributed by atoms with E-state index < -0.39 is 11.7 Å². The van der Waals surface area contributed by atoms with Gasteiger partial charge in [0.05, 0.1) is 37.1 Å². The average molecular weight is 409 g/mol. The lowest BCUT2D eigenvalue weighted by Crippen LogP contribution is -2.36. The molecule has 2 aromatic rings. The van der Waals surface area contributed by atoms with Crippen LogP contribution >= 0.6 is 0 Å². The van der Waals surface area contributed by atoms with Crippen molar-refractivity contribution in [3.63, 3.8) is 0 Å². The van der Waals surface area contributed by atoms with E-state index in [-0.39, 0.29) is 12.3 Å². The highest BCUT2D eigenvalue weighted by Gasteiger charge is 2.30. The number of hydrogen-bond acceptors (Lipinski definition) is 6. The second-order valence-corrected chi connectivity index (χ2v) is 6.55. The Balaban J connectivity index is 1.43. The number of rotatable bonds is 7. The van der Waals surface area contributed by atoms with Crippen molar-refractivity contribution in [1.29, 1.82) is 0 Å². The van der Waals surface area contributed by atoms with E-state index in [1.165, 1.54) is 12.1 Å². The molecule has 1 aromatic heterocycles. The molecule has 10 heteroatoms. The molecule has 1 aliphatic rings. The van der Waals surface area contributed by atoms with Crippen LogP contribution in [0.4, 0.5) is 24.7 Å². The van der Waals surface area contributed by atoms with Crippen molar-refractivity contribution >= 4 is 17.4 Å². The Labute approximate surface area is 166 Å². The topological polar surface area (TPSA) is 79.4 Å². The van der Waals surface area contributed by atoms with Gasteiger partial charge in [-0.25, -0.2) is 0 Å². The number of anilines is 2. The molecule has 7 nitrogen and oxygen atoms in total.